The largest absolute Gasteiger partial charge is 0.346 e. The minimum Gasteiger partial charge on any atom is -0.346 e. The number of aryl methyl sites for hydroxylation is 3. The number of carbonyl (C=O) groups is 1. The highest BCUT2D eigenvalue weighted by Gasteiger charge is 2.26. The van der Waals surface area contributed by atoms with E-state index in [4.69, 9.17) is 0 Å². The van der Waals surface area contributed by atoms with E-state index in [9.17, 15) is 14.9 Å². The molecule has 0 radical (unpaired) electrons. The summed E-state index contributed by atoms with van der Waals surface area (Å²) >= 11 is 0. The lowest BCUT2D eigenvalue weighted by atomic mass is 10.2. The minimum atomic E-state index is -0.608. The van der Waals surface area contributed by atoms with Gasteiger partial charge in [0, 0.05) is 31.9 Å². The Hall–Kier alpha value is -2.71. The Bertz CT molecular complexity index is 687. The van der Waals surface area contributed by atoms with E-state index in [0.717, 1.165) is 17.5 Å². The van der Waals surface area contributed by atoms with Gasteiger partial charge in [0.2, 0.25) is 5.69 Å². The van der Waals surface area contributed by atoms with Crippen molar-refractivity contribution in [3.05, 3.63) is 39.5 Å². The number of amides is 1. The zero-order valence-electron chi connectivity index (χ0n) is 12.0. The molecule has 0 aliphatic rings. The van der Waals surface area contributed by atoms with E-state index in [-0.39, 0.29) is 17.9 Å². The summed E-state index contributed by atoms with van der Waals surface area (Å²) in [5, 5.41) is 21.6. The Morgan fingerprint density at radius 3 is 2.76 bits per heavy atom. The van der Waals surface area contributed by atoms with Gasteiger partial charge in [-0.2, -0.15) is 10.2 Å². The number of nitrogens with one attached hydrogen (secondary N) is 1. The Labute approximate surface area is 120 Å². The number of carbonyl (C=O) groups excluding carboxylic acids is 1. The van der Waals surface area contributed by atoms with Crippen LogP contribution >= 0.6 is 0 Å². The van der Waals surface area contributed by atoms with Crippen LogP contribution in [-0.2, 0) is 20.1 Å². The first-order valence-electron chi connectivity index (χ1n) is 6.41. The number of hydrogen-bond acceptors (Lipinski definition) is 5. The first-order chi connectivity index (χ1) is 9.93. The predicted molar refractivity (Wildman–Crippen MR) is 73.7 cm³/mol. The Morgan fingerprint density at radius 1 is 1.52 bits per heavy atom. The van der Waals surface area contributed by atoms with Gasteiger partial charge in [0.15, 0.2) is 0 Å². The number of rotatable bonds is 5. The van der Waals surface area contributed by atoms with Gasteiger partial charge in [-0.3, -0.25) is 24.3 Å². The maximum Gasteiger partial charge on any atom is 0.320 e. The molecule has 0 atom stereocenters. The van der Waals surface area contributed by atoms with Crippen molar-refractivity contribution < 1.29 is 9.72 Å². The van der Waals surface area contributed by atoms with Gasteiger partial charge in [-0.25, -0.2) is 0 Å². The Balaban J connectivity index is 2.19. The summed E-state index contributed by atoms with van der Waals surface area (Å²) in [4.78, 5) is 22.5. The van der Waals surface area contributed by atoms with E-state index in [1.54, 1.807) is 24.9 Å². The molecule has 0 spiro atoms. The molecule has 0 fully saturated rings. The summed E-state index contributed by atoms with van der Waals surface area (Å²) in [6, 6.07) is 0. The monoisotopic (exact) mass is 292 g/mol. The van der Waals surface area contributed by atoms with Crippen LogP contribution in [0.3, 0.4) is 0 Å². The molecule has 0 saturated heterocycles. The second-order valence-electron chi connectivity index (χ2n) is 4.55. The standard InChI is InChI=1S/C12H16N6O3/c1-4-17-11(10(6-14-17)18(20)21)12(19)13-5-9-7-16(3)15-8(9)2/h6-7H,4-5H2,1-3H3,(H,13,19). The van der Waals surface area contributed by atoms with Crippen LogP contribution in [0.4, 0.5) is 5.69 Å². The SMILES string of the molecule is CCn1ncc([N+](=O)[O-])c1C(=O)NCc1cn(C)nc1C. The number of aromatic nitrogens is 4. The quantitative estimate of drug-likeness (QED) is 0.647. The maximum absolute atomic E-state index is 12.2. The van der Waals surface area contributed by atoms with Gasteiger partial charge in [0.1, 0.15) is 6.20 Å². The second-order valence-corrected chi connectivity index (χ2v) is 4.55. The lowest BCUT2D eigenvalue weighted by Crippen LogP contribution is -2.26. The fourth-order valence-electron chi connectivity index (χ4n) is 2.06. The van der Waals surface area contributed by atoms with Crippen molar-refractivity contribution >= 4 is 11.6 Å². The molecule has 1 N–H and O–H groups in total. The molecule has 0 unspecified atom stereocenters. The molecule has 2 rings (SSSR count). The van der Waals surface area contributed by atoms with Crippen molar-refractivity contribution in [3.8, 4) is 0 Å². The molecule has 0 bridgehead atoms. The Kier molecular flexibility index (Phi) is 4.01. The van der Waals surface area contributed by atoms with Crippen LogP contribution in [0, 0.1) is 17.0 Å². The first-order valence-corrected chi connectivity index (χ1v) is 6.41. The van der Waals surface area contributed by atoms with Crippen molar-refractivity contribution in [1.29, 1.82) is 0 Å². The van der Waals surface area contributed by atoms with Crippen LogP contribution in [0.15, 0.2) is 12.4 Å². The van der Waals surface area contributed by atoms with E-state index < -0.39 is 10.8 Å². The second kappa shape index (κ2) is 5.73. The van der Waals surface area contributed by atoms with Gasteiger partial charge in [-0.15, -0.1) is 0 Å². The summed E-state index contributed by atoms with van der Waals surface area (Å²) in [5.74, 6) is -0.524. The molecule has 112 valence electrons. The van der Waals surface area contributed by atoms with Gasteiger partial charge in [-0.05, 0) is 13.8 Å². The van der Waals surface area contributed by atoms with Crippen LogP contribution < -0.4 is 5.32 Å². The van der Waals surface area contributed by atoms with Gasteiger partial charge in [0.25, 0.3) is 5.91 Å². The molecule has 0 saturated carbocycles. The molecule has 2 aromatic rings. The Morgan fingerprint density at radius 2 is 2.24 bits per heavy atom. The smallest absolute Gasteiger partial charge is 0.320 e. The van der Waals surface area contributed by atoms with Crippen LogP contribution in [-0.4, -0.2) is 30.4 Å². The summed E-state index contributed by atoms with van der Waals surface area (Å²) in [6.45, 7) is 4.23. The van der Waals surface area contributed by atoms with E-state index in [1.807, 2.05) is 6.92 Å². The van der Waals surface area contributed by atoms with E-state index in [0.29, 0.717) is 6.54 Å². The van der Waals surface area contributed by atoms with Gasteiger partial charge < -0.3 is 5.32 Å². The number of nitro groups is 1. The van der Waals surface area contributed by atoms with Crippen molar-refractivity contribution in [2.24, 2.45) is 7.05 Å². The first kappa shape index (κ1) is 14.7. The summed E-state index contributed by atoms with van der Waals surface area (Å²) in [5.41, 5.74) is 1.33. The summed E-state index contributed by atoms with van der Waals surface area (Å²) in [7, 11) is 1.79. The molecule has 2 aromatic heterocycles. The predicted octanol–water partition coefficient (Wildman–Crippen LogP) is 0.783. The highest BCUT2D eigenvalue weighted by atomic mass is 16.6. The van der Waals surface area contributed by atoms with Gasteiger partial charge in [0.05, 0.1) is 10.6 Å². The van der Waals surface area contributed by atoms with Crippen molar-refractivity contribution in [1.82, 2.24) is 24.9 Å². The molecular formula is C12H16N6O3. The minimum absolute atomic E-state index is 0.0379. The third-order valence-electron chi connectivity index (χ3n) is 3.09. The fourth-order valence-corrected chi connectivity index (χ4v) is 2.06. The average Bonchev–Trinajstić information content (AvgIpc) is 2.99. The number of hydrogen-bond donors (Lipinski definition) is 1. The van der Waals surface area contributed by atoms with Crippen LogP contribution in [0.25, 0.3) is 0 Å². The normalized spacial score (nSPS) is 10.6. The van der Waals surface area contributed by atoms with Crippen LogP contribution in [0.2, 0.25) is 0 Å². The van der Waals surface area contributed by atoms with E-state index in [1.165, 1.54) is 4.68 Å². The number of nitrogens with zero attached hydrogens (tertiary/aromatic N) is 5. The molecule has 9 nitrogen and oxygen atoms in total. The highest BCUT2D eigenvalue weighted by molar-refractivity contribution is 5.96. The van der Waals surface area contributed by atoms with Gasteiger partial charge >= 0.3 is 5.69 Å². The van der Waals surface area contributed by atoms with Crippen molar-refractivity contribution in [2.45, 2.75) is 26.9 Å². The molecular weight excluding hydrogens is 276 g/mol. The zero-order valence-corrected chi connectivity index (χ0v) is 12.0. The molecule has 21 heavy (non-hydrogen) atoms. The lowest BCUT2D eigenvalue weighted by Gasteiger charge is -2.05. The van der Waals surface area contributed by atoms with Crippen molar-refractivity contribution in [2.75, 3.05) is 0 Å². The van der Waals surface area contributed by atoms with Crippen molar-refractivity contribution in [3.63, 3.8) is 0 Å². The van der Waals surface area contributed by atoms with Crippen LogP contribution in [0.5, 0.6) is 0 Å². The molecule has 9 heteroatoms. The molecule has 0 aromatic carbocycles. The maximum atomic E-state index is 12.2. The van der Waals surface area contributed by atoms with Crippen LogP contribution in [0.1, 0.15) is 28.7 Å². The topological polar surface area (TPSA) is 108 Å². The average molecular weight is 292 g/mol. The fraction of sp³-hybridized carbons (Fsp3) is 0.417. The molecule has 0 aliphatic heterocycles. The third-order valence-corrected chi connectivity index (χ3v) is 3.09. The van der Waals surface area contributed by atoms with Gasteiger partial charge in [-0.1, -0.05) is 0 Å². The molecule has 2 heterocycles. The lowest BCUT2D eigenvalue weighted by molar-refractivity contribution is -0.385. The summed E-state index contributed by atoms with van der Waals surface area (Å²) < 4.78 is 2.96. The third kappa shape index (κ3) is 2.91. The molecule has 1 amide bonds. The highest BCUT2D eigenvalue weighted by Crippen LogP contribution is 2.17. The summed E-state index contributed by atoms with van der Waals surface area (Å²) in [6.07, 6.45) is 2.88. The molecule has 0 aliphatic carbocycles. The van der Waals surface area contributed by atoms with E-state index in [2.05, 4.69) is 15.5 Å². The zero-order chi connectivity index (χ0) is 15.6. The van der Waals surface area contributed by atoms with E-state index >= 15 is 0 Å².